The van der Waals surface area contributed by atoms with E-state index in [1.165, 1.54) is 0 Å². The molecule has 2 aromatic rings. The Kier molecular flexibility index (Phi) is 6.14. The van der Waals surface area contributed by atoms with Gasteiger partial charge in [0.2, 0.25) is 0 Å². The lowest BCUT2D eigenvalue weighted by atomic mass is 9.93. The number of benzene rings is 1. The van der Waals surface area contributed by atoms with E-state index in [4.69, 9.17) is 5.73 Å². The van der Waals surface area contributed by atoms with Gasteiger partial charge in [0.15, 0.2) is 0 Å². The number of hydrogen-bond acceptors (Lipinski definition) is 3. The van der Waals surface area contributed by atoms with Crippen molar-refractivity contribution in [2.75, 3.05) is 20.1 Å². The zero-order valence-electron chi connectivity index (χ0n) is 13.2. The molecule has 0 aliphatic heterocycles. The summed E-state index contributed by atoms with van der Waals surface area (Å²) in [6.07, 6.45) is 3.35. The van der Waals surface area contributed by atoms with E-state index in [1.54, 1.807) is 29.0 Å². The predicted molar refractivity (Wildman–Crippen MR) is 90.6 cm³/mol. The Morgan fingerprint density at radius 2 is 1.95 bits per heavy atom. The number of carbonyl (C=O) groups excluding carboxylic acids is 1. The first-order valence-electron chi connectivity index (χ1n) is 6.98. The summed E-state index contributed by atoms with van der Waals surface area (Å²) >= 11 is 0. The number of para-hydroxylation sites is 1. The highest BCUT2D eigenvalue weighted by Gasteiger charge is 2.22. The first-order valence-corrected chi connectivity index (χ1v) is 6.98. The van der Waals surface area contributed by atoms with E-state index in [2.05, 4.69) is 5.10 Å². The fourth-order valence-electron chi connectivity index (χ4n) is 2.15. The van der Waals surface area contributed by atoms with Gasteiger partial charge in [0.1, 0.15) is 0 Å². The van der Waals surface area contributed by atoms with Crippen molar-refractivity contribution in [1.82, 2.24) is 14.7 Å². The summed E-state index contributed by atoms with van der Waals surface area (Å²) in [5.41, 5.74) is 7.13. The second-order valence-corrected chi connectivity index (χ2v) is 6.04. The van der Waals surface area contributed by atoms with E-state index >= 15 is 0 Å². The van der Waals surface area contributed by atoms with Gasteiger partial charge in [-0.1, -0.05) is 32.0 Å². The Morgan fingerprint density at radius 1 is 1.32 bits per heavy atom. The molecule has 0 bridgehead atoms. The summed E-state index contributed by atoms with van der Waals surface area (Å²) in [5, 5.41) is 4.25. The summed E-state index contributed by atoms with van der Waals surface area (Å²) < 4.78 is 1.70. The lowest BCUT2D eigenvalue weighted by Crippen LogP contribution is -2.39. The van der Waals surface area contributed by atoms with Gasteiger partial charge in [-0.05, 0) is 24.1 Å². The molecule has 0 fully saturated rings. The number of carbonyl (C=O) groups is 1. The Morgan fingerprint density at radius 3 is 2.55 bits per heavy atom. The van der Waals surface area contributed by atoms with Crippen LogP contribution in [-0.4, -0.2) is 40.7 Å². The van der Waals surface area contributed by atoms with Crippen molar-refractivity contribution in [2.24, 2.45) is 11.1 Å². The van der Waals surface area contributed by atoms with Gasteiger partial charge < -0.3 is 10.6 Å². The Labute approximate surface area is 137 Å². The average Bonchev–Trinajstić information content (AvgIpc) is 2.96. The van der Waals surface area contributed by atoms with Crippen LogP contribution < -0.4 is 5.73 Å². The molecule has 0 unspecified atom stereocenters. The van der Waals surface area contributed by atoms with Crippen molar-refractivity contribution in [2.45, 2.75) is 13.8 Å². The lowest BCUT2D eigenvalue weighted by Gasteiger charge is -2.28. The molecule has 0 atom stereocenters. The SMILES string of the molecule is CN(CC(C)(C)CN)C(=O)c1cnn(-c2ccccc2)c1.Cl. The minimum absolute atomic E-state index is 0. The maximum Gasteiger partial charge on any atom is 0.256 e. The van der Waals surface area contributed by atoms with Crippen LogP contribution >= 0.6 is 12.4 Å². The minimum Gasteiger partial charge on any atom is -0.341 e. The number of nitrogens with zero attached hydrogens (tertiary/aromatic N) is 3. The number of halogens is 1. The molecule has 5 nitrogen and oxygen atoms in total. The number of amides is 1. The molecule has 1 aromatic heterocycles. The molecule has 0 aliphatic carbocycles. The molecule has 22 heavy (non-hydrogen) atoms. The molecule has 0 radical (unpaired) electrons. The van der Waals surface area contributed by atoms with Crippen molar-refractivity contribution in [3.05, 3.63) is 48.3 Å². The predicted octanol–water partition coefficient (Wildman–Crippen LogP) is 2.35. The first-order chi connectivity index (χ1) is 9.93. The fraction of sp³-hybridized carbons (Fsp3) is 0.375. The summed E-state index contributed by atoms with van der Waals surface area (Å²) in [6, 6.07) is 9.72. The summed E-state index contributed by atoms with van der Waals surface area (Å²) in [6.45, 7) is 5.24. The molecule has 0 spiro atoms. The van der Waals surface area contributed by atoms with Crippen LogP contribution in [0.5, 0.6) is 0 Å². The highest BCUT2D eigenvalue weighted by molar-refractivity contribution is 5.93. The molecule has 0 saturated carbocycles. The molecular weight excluding hydrogens is 300 g/mol. The minimum atomic E-state index is -0.0974. The van der Waals surface area contributed by atoms with Gasteiger partial charge in [0.05, 0.1) is 17.4 Å². The number of hydrogen-bond donors (Lipinski definition) is 1. The Hall–Kier alpha value is -1.85. The highest BCUT2D eigenvalue weighted by atomic mass is 35.5. The van der Waals surface area contributed by atoms with Gasteiger partial charge >= 0.3 is 0 Å². The monoisotopic (exact) mass is 322 g/mol. The summed E-state index contributed by atoms with van der Waals surface area (Å²) in [7, 11) is 1.79. The van der Waals surface area contributed by atoms with Gasteiger partial charge in [0, 0.05) is 19.8 Å². The quantitative estimate of drug-likeness (QED) is 0.919. The van der Waals surface area contributed by atoms with Crippen LogP contribution in [0.4, 0.5) is 0 Å². The molecule has 1 amide bonds. The number of nitrogens with two attached hydrogens (primary N) is 1. The Bertz CT molecular complexity index is 610. The van der Waals surface area contributed by atoms with E-state index < -0.39 is 0 Å². The van der Waals surface area contributed by atoms with Crippen LogP contribution in [0.2, 0.25) is 0 Å². The largest absolute Gasteiger partial charge is 0.341 e. The van der Waals surface area contributed by atoms with Gasteiger partial charge in [0.25, 0.3) is 5.91 Å². The topological polar surface area (TPSA) is 64.2 Å². The maximum absolute atomic E-state index is 12.4. The fourth-order valence-corrected chi connectivity index (χ4v) is 2.15. The van der Waals surface area contributed by atoms with Crippen molar-refractivity contribution in [3.8, 4) is 5.69 Å². The van der Waals surface area contributed by atoms with Crippen LogP contribution in [0.15, 0.2) is 42.7 Å². The molecule has 0 aliphatic rings. The van der Waals surface area contributed by atoms with Gasteiger partial charge in [-0.25, -0.2) is 4.68 Å². The first kappa shape index (κ1) is 18.2. The standard InChI is InChI=1S/C16H22N4O.ClH/c1-16(2,11-17)12-19(3)15(21)13-9-18-20(10-13)14-7-5-4-6-8-14;/h4-10H,11-12,17H2,1-3H3;1H. The van der Waals surface area contributed by atoms with Crippen LogP contribution in [-0.2, 0) is 0 Å². The zero-order valence-corrected chi connectivity index (χ0v) is 14.0. The van der Waals surface area contributed by atoms with Crippen molar-refractivity contribution in [3.63, 3.8) is 0 Å². The molecular formula is C16H23ClN4O. The van der Waals surface area contributed by atoms with Crippen LogP contribution in [0, 0.1) is 5.41 Å². The maximum atomic E-state index is 12.4. The lowest BCUT2D eigenvalue weighted by molar-refractivity contribution is 0.0740. The van der Waals surface area contributed by atoms with E-state index in [9.17, 15) is 4.79 Å². The second-order valence-electron chi connectivity index (χ2n) is 6.04. The highest BCUT2D eigenvalue weighted by Crippen LogP contribution is 2.16. The molecule has 1 aromatic carbocycles. The zero-order chi connectivity index (χ0) is 15.5. The van der Waals surface area contributed by atoms with Gasteiger partial charge in [-0.15, -0.1) is 12.4 Å². The molecule has 120 valence electrons. The average molecular weight is 323 g/mol. The van der Waals surface area contributed by atoms with Crippen LogP contribution in [0.1, 0.15) is 24.2 Å². The molecule has 2 rings (SSSR count). The summed E-state index contributed by atoms with van der Waals surface area (Å²) in [5.74, 6) is -0.0429. The second kappa shape index (κ2) is 7.42. The van der Waals surface area contributed by atoms with Gasteiger partial charge in [-0.3, -0.25) is 4.79 Å². The third-order valence-electron chi connectivity index (χ3n) is 3.41. The van der Waals surface area contributed by atoms with Crippen molar-refractivity contribution < 1.29 is 4.79 Å². The third kappa shape index (κ3) is 4.32. The third-order valence-corrected chi connectivity index (χ3v) is 3.41. The normalized spacial score (nSPS) is 10.9. The molecule has 0 saturated heterocycles. The van der Waals surface area contributed by atoms with E-state index in [-0.39, 0.29) is 23.7 Å². The molecule has 2 N–H and O–H groups in total. The Balaban J connectivity index is 0.00000242. The van der Waals surface area contributed by atoms with Crippen LogP contribution in [0.25, 0.3) is 5.69 Å². The number of rotatable bonds is 5. The molecule has 6 heteroatoms. The van der Waals surface area contributed by atoms with Crippen LogP contribution in [0.3, 0.4) is 0 Å². The van der Waals surface area contributed by atoms with Gasteiger partial charge in [-0.2, -0.15) is 5.10 Å². The number of aromatic nitrogens is 2. The van der Waals surface area contributed by atoms with Crippen molar-refractivity contribution >= 4 is 18.3 Å². The van der Waals surface area contributed by atoms with Crippen molar-refractivity contribution in [1.29, 1.82) is 0 Å². The van der Waals surface area contributed by atoms with E-state index in [0.717, 1.165) is 5.69 Å². The molecule has 1 heterocycles. The van der Waals surface area contributed by atoms with E-state index in [1.807, 2.05) is 44.2 Å². The summed E-state index contributed by atoms with van der Waals surface area (Å²) in [4.78, 5) is 14.1. The smallest absolute Gasteiger partial charge is 0.256 e. The van der Waals surface area contributed by atoms with E-state index in [0.29, 0.717) is 18.7 Å².